The molecule has 0 saturated carbocycles. The van der Waals surface area contributed by atoms with Crippen LogP contribution in [0.2, 0.25) is 0 Å². The number of hydrogen-bond acceptors (Lipinski definition) is 2. The first-order valence-electron chi connectivity index (χ1n) is 6.30. The third-order valence-electron chi connectivity index (χ3n) is 3.16. The maximum Gasteiger partial charge on any atom is 0.127 e. The number of nitrogens with zero attached hydrogens (tertiary/aromatic N) is 1. The fourth-order valence-corrected chi connectivity index (χ4v) is 2.76. The molecule has 1 aliphatic rings. The molecule has 1 aromatic heterocycles. The van der Waals surface area contributed by atoms with Crippen LogP contribution in [0.5, 0.6) is 5.75 Å². The Hall–Kier alpha value is -1.32. The number of halogens is 2. The number of fused-ring (bicyclic) bond motifs is 1. The average molecular weight is 351 g/mol. The summed E-state index contributed by atoms with van der Waals surface area (Å²) in [6.07, 6.45) is 5.65. The average Bonchev–Trinajstić information content (AvgIpc) is 2.57. The van der Waals surface area contributed by atoms with Crippen molar-refractivity contribution in [2.45, 2.75) is 11.8 Å². The second-order valence-corrected chi connectivity index (χ2v) is 6.79. The normalized spacial score (nSPS) is 21.4. The lowest BCUT2D eigenvalue weighted by molar-refractivity contribution is 0.298. The van der Waals surface area contributed by atoms with Gasteiger partial charge in [-0.3, -0.25) is 4.98 Å². The van der Waals surface area contributed by atoms with Gasteiger partial charge in [0, 0.05) is 28.0 Å². The molecular weight excluding hydrogens is 338 g/mol. The zero-order valence-corrected chi connectivity index (χ0v) is 13.3. The fourth-order valence-electron chi connectivity index (χ4n) is 2.24. The molecule has 0 fully saturated rings. The largest absolute Gasteiger partial charge is 0.491 e. The second-order valence-electron chi connectivity index (χ2n) is 5.01. The van der Waals surface area contributed by atoms with Gasteiger partial charge in [-0.2, -0.15) is 0 Å². The summed E-state index contributed by atoms with van der Waals surface area (Å²) < 4.78 is 6.85. The van der Waals surface area contributed by atoms with E-state index in [4.69, 9.17) is 16.3 Å². The summed E-state index contributed by atoms with van der Waals surface area (Å²) in [7, 11) is 0. The van der Waals surface area contributed by atoms with E-state index in [-0.39, 0.29) is 0 Å². The summed E-state index contributed by atoms with van der Waals surface area (Å²) in [6, 6.07) is 9.93. The van der Waals surface area contributed by atoms with Crippen molar-refractivity contribution in [2.75, 3.05) is 6.61 Å². The van der Waals surface area contributed by atoms with Crippen LogP contribution in [-0.4, -0.2) is 16.5 Å². The first kappa shape index (κ1) is 13.7. The molecule has 0 bridgehead atoms. The van der Waals surface area contributed by atoms with Crippen molar-refractivity contribution in [3.8, 4) is 5.75 Å². The van der Waals surface area contributed by atoms with Crippen molar-refractivity contribution in [3.05, 3.63) is 64.4 Å². The van der Waals surface area contributed by atoms with Gasteiger partial charge in [-0.1, -0.05) is 28.1 Å². The van der Waals surface area contributed by atoms with Crippen LogP contribution in [0.1, 0.15) is 18.1 Å². The van der Waals surface area contributed by atoms with E-state index in [2.05, 4.69) is 20.9 Å². The van der Waals surface area contributed by atoms with E-state index in [0.29, 0.717) is 6.61 Å². The van der Waals surface area contributed by atoms with Gasteiger partial charge in [-0.25, -0.2) is 0 Å². The van der Waals surface area contributed by atoms with Gasteiger partial charge in [0.2, 0.25) is 0 Å². The highest BCUT2D eigenvalue weighted by molar-refractivity contribution is 9.10. The molecule has 4 heteroatoms. The monoisotopic (exact) mass is 349 g/mol. The van der Waals surface area contributed by atoms with Crippen molar-refractivity contribution >= 4 is 33.1 Å². The Bertz CT molecular complexity index is 667. The lowest BCUT2D eigenvalue weighted by atomic mass is 9.95. The Balaban J connectivity index is 2.23. The molecular formula is C16H13BrClNO. The minimum Gasteiger partial charge on any atom is -0.491 e. The van der Waals surface area contributed by atoms with Gasteiger partial charge in [0.1, 0.15) is 12.4 Å². The minimum atomic E-state index is -0.545. The smallest absolute Gasteiger partial charge is 0.127 e. The van der Waals surface area contributed by atoms with E-state index in [1.165, 1.54) is 0 Å². The molecule has 1 aliphatic heterocycles. The molecule has 20 heavy (non-hydrogen) atoms. The molecule has 1 unspecified atom stereocenters. The number of rotatable bonds is 1. The first-order chi connectivity index (χ1) is 9.55. The summed E-state index contributed by atoms with van der Waals surface area (Å²) in [6.45, 7) is 2.39. The highest BCUT2D eigenvalue weighted by atomic mass is 79.9. The van der Waals surface area contributed by atoms with Gasteiger partial charge in [0.25, 0.3) is 0 Å². The van der Waals surface area contributed by atoms with E-state index in [1.54, 1.807) is 6.20 Å². The predicted molar refractivity (Wildman–Crippen MR) is 85.2 cm³/mol. The molecule has 1 atom stereocenters. The number of aromatic nitrogens is 1. The standard InChI is InChI=1S/C16H13BrClNO/c1-16(18)8-14(11-3-2-6-19-9-11)13-7-12(17)4-5-15(13)20-10-16/h2-9H,10H2,1H3. The van der Waals surface area contributed by atoms with Gasteiger partial charge in [-0.15, -0.1) is 11.6 Å². The molecule has 2 nitrogen and oxygen atoms in total. The quantitative estimate of drug-likeness (QED) is 0.698. The molecule has 0 N–H and O–H groups in total. The Morgan fingerprint density at radius 3 is 2.95 bits per heavy atom. The predicted octanol–water partition coefficient (Wildman–Crippen LogP) is 4.67. The Labute approximate surface area is 131 Å². The molecule has 0 radical (unpaired) electrons. The minimum absolute atomic E-state index is 0.437. The summed E-state index contributed by atoms with van der Waals surface area (Å²) in [5.41, 5.74) is 3.10. The molecule has 102 valence electrons. The van der Waals surface area contributed by atoms with Crippen LogP contribution in [-0.2, 0) is 0 Å². The third kappa shape index (κ3) is 2.74. The highest BCUT2D eigenvalue weighted by Crippen LogP contribution is 2.38. The molecule has 0 saturated heterocycles. The molecule has 0 amide bonds. The summed E-state index contributed by atoms with van der Waals surface area (Å²) >= 11 is 10.0. The van der Waals surface area contributed by atoms with Crippen molar-refractivity contribution in [1.29, 1.82) is 0 Å². The summed E-state index contributed by atoms with van der Waals surface area (Å²) in [4.78, 5) is 3.65. The van der Waals surface area contributed by atoms with Crippen molar-refractivity contribution in [2.24, 2.45) is 0 Å². The van der Waals surface area contributed by atoms with Gasteiger partial charge < -0.3 is 4.74 Å². The van der Waals surface area contributed by atoms with Gasteiger partial charge >= 0.3 is 0 Å². The number of benzene rings is 1. The number of ether oxygens (including phenoxy) is 1. The Kier molecular flexibility index (Phi) is 3.57. The highest BCUT2D eigenvalue weighted by Gasteiger charge is 2.26. The Morgan fingerprint density at radius 1 is 1.35 bits per heavy atom. The molecule has 2 heterocycles. The zero-order valence-electron chi connectivity index (χ0n) is 10.9. The van der Waals surface area contributed by atoms with Crippen molar-refractivity contribution in [3.63, 3.8) is 0 Å². The number of alkyl halides is 1. The lowest BCUT2D eigenvalue weighted by Gasteiger charge is -2.16. The first-order valence-corrected chi connectivity index (χ1v) is 7.47. The van der Waals surface area contributed by atoms with Crippen LogP contribution >= 0.6 is 27.5 Å². The van der Waals surface area contributed by atoms with Crippen molar-refractivity contribution in [1.82, 2.24) is 4.98 Å². The lowest BCUT2D eigenvalue weighted by Crippen LogP contribution is -2.22. The van der Waals surface area contributed by atoms with E-state index in [1.807, 2.05) is 49.5 Å². The van der Waals surface area contributed by atoms with Crippen LogP contribution in [0, 0.1) is 0 Å². The Morgan fingerprint density at radius 2 is 2.20 bits per heavy atom. The molecule has 2 aromatic rings. The molecule has 1 aromatic carbocycles. The number of pyridine rings is 1. The third-order valence-corrected chi connectivity index (χ3v) is 3.87. The number of hydrogen-bond donors (Lipinski definition) is 0. The van der Waals surface area contributed by atoms with Crippen molar-refractivity contribution < 1.29 is 4.74 Å². The van der Waals surface area contributed by atoms with Gasteiger partial charge in [0.05, 0.1) is 4.87 Å². The summed E-state index contributed by atoms with van der Waals surface area (Å²) in [5, 5.41) is 0. The maximum absolute atomic E-state index is 6.52. The van der Waals surface area contributed by atoms with E-state index in [9.17, 15) is 0 Å². The van der Waals surface area contributed by atoms with Crippen LogP contribution < -0.4 is 4.74 Å². The summed E-state index contributed by atoms with van der Waals surface area (Å²) in [5.74, 6) is 0.840. The maximum atomic E-state index is 6.52. The van der Waals surface area contributed by atoms with E-state index >= 15 is 0 Å². The second kappa shape index (κ2) is 5.23. The molecule has 0 aliphatic carbocycles. The zero-order chi connectivity index (χ0) is 14.2. The van der Waals surface area contributed by atoms with Gasteiger partial charge in [0.15, 0.2) is 0 Å². The van der Waals surface area contributed by atoms with E-state index in [0.717, 1.165) is 26.9 Å². The van der Waals surface area contributed by atoms with Crippen LogP contribution in [0.15, 0.2) is 53.3 Å². The topological polar surface area (TPSA) is 22.1 Å². The fraction of sp³-hybridized carbons (Fsp3) is 0.188. The SMILES string of the molecule is CC1(Cl)C=C(c2cccnc2)c2cc(Br)ccc2OC1. The van der Waals surface area contributed by atoms with Crippen LogP contribution in [0.4, 0.5) is 0 Å². The van der Waals surface area contributed by atoms with E-state index < -0.39 is 4.87 Å². The van der Waals surface area contributed by atoms with Crippen LogP contribution in [0.3, 0.4) is 0 Å². The van der Waals surface area contributed by atoms with Gasteiger partial charge in [-0.05, 0) is 36.8 Å². The molecule has 3 rings (SSSR count). The molecule has 0 spiro atoms. The van der Waals surface area contributed by atoms with Crippen LogP contribution in [0.25, 0.3) is 5.57 Å².